The third-order valence-corrected chi connectivity index (χ3v) is 5.46. The van der Waals surface area contributed by atoms with Gasteiger partial charge in [0.2, 0.25) is 0 Å². The van der Waals surface area contributed by atoms with Crippen molar-refractivity contribution in [1.29, 1.82) is 0 Å². The summed E-state index contributed by atoms with van der Waals surface area (Å²) < 4.78 is 0. The molecule has 1 aliphatic rings. The smallest absolute Gasteiger partial charge is 0.0583 e. The zero-order valence-electron chi connectivity index (χ0n) is 14.9. The van der Waals surface area contributed by atoms with Crippen LogP contribution in [0.15, 0.2) is 60.8 Å². The second-order valence-electron chi connectivity index (χ2n) is 7.29. The van der Waals surface area contributed by atoms with Crippen molar-refractivity contribution in [1.82, 2.24) is 15.2 Å². The zero-order valence-corrected chi connectivity index (χ0v) is 14.9. The van der Waals surface area contributed by atoms with Gasteiger partial charge in [0, 0.05) is 23.6 Å². The fraction of sp³-hybridized carbons (Fsp3) is 0.364. The van der Waals surface area contributed by atoms with Crippen molar-refractivity contribution in [3.8, 4) is 0 Å². The summed E-state index contributed by atoms with van der Waals surface area (Å²) in [4.78, 5) is 5.78. The van der Waals surface area contributed by atoms with Crippen molar-refractivity contribution >= 4 is 10.9 Å². The van der Waals surface area contributed by atoms with Gasteiger partial charge in [0.1, 0.15) is 0 Å². The highest BCUT2D eigenvalue weighted by atomic mass is 15.1. The molecule has 1 fully saturated rings. The fourth-order valence-electron chi connectivity index (χ4n) is 4.11. The first-order valence-corrected chi connectivity index (χ1v) is 9.34. The minimum absolute atomic E-state index is 0.236. The molecule has 0 aliphatic carbocycles. The van der Waals surface area contributed by atoms with Crippen molar-refractivity contribution < 1.29 is 0 Å². The van der Waals surface area contributed by atoms with Crippen LogP contribution in [0.3, 0.4) is 0 Å². The number of likely N-dealkylation sites (tertiary alicyclic amines) is 1. The van der Waals surface area contributed by atoms with Gasteiger partial charge in [-0.3, -0.25) is 0 Å². The molecule has 0 radical (unpaired) electrons. The zero-order chi connectivity index (χ0) is 17.1. The Labute approximate surface area is 150 Å². The van der Waals surface area contributed by atoms with Crippen molar-refractivity contribution in [2.24, 2.45) is 5.92 Å². The van der Waals surface area contributed by atoms with E-state index in [1.807, 2.05) is 6.20 Å². The number of aromatic nitrogens is 1. The Morgan fingerprint density at radius 3 is 2.80 bits per heavy atom. The quantitative estimate of drug-likeness (QED) is 0.709. The van der Waals surface area contributed by atoms with Gasteiger partial charge in [-0.05, 0) is 62.2 Å². The van der Waals surface area contributed by atoms with Crippen LogP contribution in [0.2, 0.25) is 0 Å². The predicted octanol–water partition coefficient (Wildman–Crippen LogP) is 4.19. The van der Waals surface area contributed by atoms with Crippen LogP contribution < -0.4 is 5.32 Å². The van der Waals surface area contributed by atoms with Gasteiger partial charge < -0.3 is 15.2 Å². The van der Waals surface area contributed by atoms with Gasteiger partial charge in [0.05, 0.1) is 6.04 Å². The maximum absolute atomic E-state index is 3.84. The molecule has 130 valence electrons. The molecule has 3 aromatic rings. The largest absolute Gasteiger partial charge is 0.361 e. The molecule has 25 heavy (non-hydrogen) atoms. The first-order valence-electron chi connectivity index (χ1n) is 9.34. The van der Waals surface area contributed by atoms with Gasteiger partial charge in [-0.1, -0.05) is 42.5 Å². The number of rotatable bonds is 6. The van der Waals surface area contributed by atoms with Crippen LogP contribution in [0.5, 0.6) is 0 Å². The van der Waals surface area contributed by atoms with E-state index >= 15 is 0 Å². The van der Waals surface area contributed by atoms with Gasteiger partial charge in [-0.15, -0.1) is 0 Å². The van der Waals surface area contributed by atoms with E-state index < -0.39 is 0 Å². The molecule has 2 heterocycles. The maximum atomic E-state index is 3.84. The Balaban J connectivity index is 1.56. The van der Waals surface area contributed by atoms with Gasteiger partial charge in [-0.25, -0.2) is 0 Å². The van der Waals surface area contributed by atoms with Crippen LogP contribution in [-0.4, -0.2) is 36.6 Å². The maximum Gasteiger partial charge on any atom is 0.0583 e. The lowest BCUT2D eigenvalue weighted by Crippen LogP contribution is -2.25. The summed E-state index contributed by atoms with van der Waals surface area (Å²) in [5.74, 6) is 0.831. The molecule has 3 nitrogen and oxygen atoms in total. The van der Waals surface area contributed by atoms with Gasteiger partial charge in [-0.2, -0.15) is 0 Å². The monoisotopic (exact) mass is 333 g/mol. The average Bonchev–Trinajstić information content (AvgIpc) is 3.28. The van der Waals surface area contributed by atoms with Crippen LogP contribution in [0.25, 0.3) is 10.9 Å². The molecule has 0 saturated carbocycles. The molecule has 1 aliphatic heterocycles. The number of aromatic amines is 1. The molecule has 1 aromatic heterocycles. The first-order chi connectivity index (χ1) is 12.3. The van der Waals surface area contributed by atoms with Crippen LogP contribution >= 0.6 is 0 Å². The molecule has 2 atom stereocenters. The molecule has 0 bridgehead atoms. The Morgan fingerprint density at radius 2 is 2.00 bits per heavy atom. The van der Waals surface area contributed by atoms with E-state index in [1.165, 1.54) is 48.0 Å². The number of nitrogens with one attached hydrogen (secondary N) is 2. The Bertz CT molecular complexity index is 808. The molecule has 0 spiro atoms. The van der Waals surface area contributed by atoms with Gasteiger partial charge >= 0.3 is 0 Å². The topological polar surface area (TPSA) is 31.1 Å². The highest BCUT2D eigenvalue weighted by molar-refractivity contribution is 5.83. The highest BCUT2D eigenvalue weighted by Crippen LogP contribution is 2.29. The van der Waals surface area contributed by atoms with E-state index in [-0.39, 0.29) is 6.04 Å². The van der Waals surface area contributed by atoms with E-state index in [2.05, 4.69) is 76.8 Å². The normalized spacial score (nSPS) is 19.5. The molecular formula is C22H27N3. The Hall–Kier alpha value is -2.10. The second-order valence-corrected chi connectivity index (χ2v) is 7.29. The first kappa shape index (κ1) is 16.4. The van der Waals surface area contributed by atoms with E-state index in [0.717, 1.165) is 12.5 Å². The minimum Gasteiger partial charge on any atom is -0.361 e. The highest BCUT2D eigenvalue weighted by Gasteiger charge is 2.21. The van der Waals surface area contributed by atoms with E-state index in [0.29, 0.717) is 0 Å². The summed E-state index contributed by atoms with van der Waals surface area (Å²) in [5, 5.41) is 5.15. The predicted molar refractivity (Wildman–Crippen MR) is 105 cm³/mol. The standard InChI is InChI=1S/C22H27N3/c1-25-15-12-17(16-25)10-13-24-22(18-6-3-2-4-7-18)20-8-5-9-21-19(20)11-14-23-21/h2-9,11,14,17,22-24H,10,12-13,15-16H2,1H3. The third-order valence-electron chi connectivity index (χ3n) is 5.46. The van der Waals surface area contributed by atoms with Crippen LogP contribution in [0.1, 0.15) is 30.0 Å². The minimum atomic E-state index is 0.236. The molecule has 2 unspecified atom stereocenters. The van der Waals surface area contributed by atoms with Crippen LogP contribution in [0.4, 0.5) is 0 Å². The molecule has 0 amide bonds. The van der Waals surface area contributed by atoms with Crippen molar-refractivity contribution in [2.75, 3.05) is 26.7 Å². The number of fused-ring (bicyclic) bond motifs is 1. The van der Waals surface area contributed by atoms with Gasteiger partial charge in [0.15, 0.2) is 0 Å². The SMILES string of the molecule is CN1CCC(CCNC(c2ccccc2)c2cccc3[nH]ccc23)C1. The Morgan fingerprint density at radius 1 is 1.12 bits per heavy atom. The van der Waals surface area contributed by atoms with Crippen molar-refractivity contribution in [3.05, 3.63) is 71.9 Å². The second kappa shape index (κ2) is 7.42. The lowest BCUT2D eigenvalue weighted by molar-refractivity contribution is 0.383. The summed E-state index contributed by atoms with van der Waals surface area (Å²) in [7, 11) is 2.23. The number of H-pyrrole nitrogens is 1. The van der Waals surface area contributed by atoms with E-state index in [4.69, 9.17) is 0 Å². The summed E-state index contributed by atoms with van der Waals surface area (Å²) in [6, 6.07) is 19.8. The van der Waals surface area contributed by atoms with Crippen LogP contribution in [0, 0.1) is 5.92 Å². The lowest BCUT2D eigenvalue weighted by Gasteiger charge is -2.22. The van der Waals surface area contributed by atoms with E-state index in [1.54, 1.807) is 0 Å². The Kier molecular flexibility index (Phi) is 4.86. The molecule has 4 rings (SSSR count). The third kappa shape index (κ3) is 3.63. The summed E-state index contributed by atoms with van der Waals surface area (Å²) in [6.45, 7) is 3.54. The molecule has 2 aromatic carbocycles. The summed E-state index contributed by atoms with van der Waals surface area (Å²) >= 11 is 0. The molecular weight excluding hydrogens is 306 g/mol. The number of hydrogen-bond acceptors (Lipinski definition) is 2. The molecule has 3 heteroatoms. The number of hydrogen-bond donors (Lipinski definition) is 2. The lowest BCUT2D eigenvalue weighted by atomic mass is 9.95. The van der Waals surface area contributed by atoms with E-state index in [9.17, 15) is 0 Å². The summed E-state index contributed by atoms with van der Waals surface area (Å²) in [6.07, 6.45) is 4.61. The van der Waals surface area contributed by atoms with Gasteiger partial charge in [0.25, 0.3) is 0 Å². The fourth-order valence-corrected chi connectivity index (χ4v) is 4.11. The number of benzene rings is 2. The molecule has 2 N–H and O–H groups in total. The summed E-state index contributed by atoms with van der Waals surface area (Å²) in [5.41, 5.74) is 3.89. The van der Waals surface area contributed by atoms with Crippen LogP contribution in [-0.2, 0) is 0 Å². The number of nitrogens with zero attached hydrogens (tertiary/aromatic N) is 1. The van der Waals surface area contributed by atoms with Crippen molar-refractivity contribution in [2.45, 2.75) is 18.9 Å². The average molecular weight is 333 g/mol. The van der Waals surface area contributed by atoms with Crippen molar-refractivity contribution in [3.63, 3.8) is 0 Å². The molecule has 1 saturated heterocycles.